The number of nitrogens with two attached hydrogens (primary N) is 1. The monoisotopic (exact) mass is 275 g/mol. The summed E-state index contributed by atoms with van der Waals surface area (Å²) in [6, 6.07) is 16.7. The summed E-state index contributed by atoms with van der Waals surface area (Å²) in [7, 11) is 0. The molecule has 2 aromatic carbocycles. The van der Waals surface area contributed by atoms with Gasteiger partial charge in [-0.1, -0.05) is 37.3 Å². The molecule has 0 spiro atoms. The van der Waals surface area contributed by atoms with Gasteiger partial charge in [-0.15, -0.1) is 11.8 Å². The second kappa shape index (κ2) is 6.73. The maximum atomic E-state index is 12.9. The van der Waals surface area contributed by atoms with Crippen LogP contribution in [0.3, 0.4) is 0 Å². The highest BCUT2D eigenvalue weighted by Crippen LogP contribution is 2.32. The van der Waals surface area contributed by atoms with E-state index in [2.05, 4.69) is 19.1 Å². The van der Waals surface area contributed by atoms with Crippen molar-refractivity contribution in [2.24, 2.45) is 5.73 Å². The molecule has 0 saturated carbocycles. The minimum atomic E-state index is -0.204. The zero-order valence-electron chi connectivity index (χ0n) is 10.9. The van der Waals surface area contributed by atoms with Crippen LogP contribution in [0.15, 0.2) is 59.5 Å². The van der Waals surface area contributed by atoms with E-state index in [4.69, 9.17) is 5.73 Å². The van der Waals surface area contributed by atoms with Gasteiger partial charge in [-0.2, -0.15) is 0 Å². The molecule has 2 unspecified atom stereocenters. The number of thioether (sulfide) groups is 1. The van der Waals surface area contributed by atoms with Crippen LogP contribution < -0.4 is 5.73 Å². The fraction of sp³-hybridized carbons (Fsp3) is 0.250. The number of rotatable bonds is 5. The number of hydrogen-bond donors (Lipinski definition) is 1. The molecular formula is C16H18FNS. The number of hydrogen-bond acceptors (Lipinski definition) is 2. The average molecular weight is 275 g/mol. The van der Waals surface area contributed by atoms with Gasteiger partial charge in [-0.25, -0.2) is 4.39 Å². The molecule has 0 amide bonds. The highest BCUT2D eigenvalue weighted by Gasteiger charge is 2.18. The zero-order valence-corrected chi connectivity index (χ0v) is 11.7. The van der Waals surface area contributed by atoms with E-state index < -0.39 is 0 Å². The largest absolute Gasteiger partial charge is 0.323 e. The minimum Gasteiger partial charge on any atom is -0.323 e. The quantitative estimate of drug-likeness (QED) is 0.819. The van der Waals surface area contributed by atoms with Gasteiger partial charge in [-0.05, 0) is 36.2 Å². The van der Waals surface area contributed by atoms with Gasteiger partial charge < -0.3 is 5.73 Å². The van der Waals surface area contributed by atoms with Crippen LogP contribution >= 0.6 is 11.8 Å². The van der Waals surface area contributed by atoms with E-state index >= 15 is 0 Å². The van der Waals surface area contributed by atoms with Gasteiger partial charge in [0.2, 0.25) is 0 Å². The lowest BCUT2D eigenvalue weighted by Gasteiger charge is -2.22. The summed E-state index contributed by atoms with van der Waals surface area (Å²) in [5, 5.41) is 0.285. The van der Waals surface area contributed by atoms with Crippen molar-refractivity contribution < 1.29 is 4.39 Å². The Kier molecular flexibility index (Phi) is 5.00. The maximum Gasteiger partial charge on any atom is 0.123 e. The Balaban J connectivity index is 2.10. The molecule has 0 saturated heterocycles. The fourth-order valence-corrected chi connectivity index (χ4v) is 3.10. The number of benzene rings is 2. The standard InChI is InChI=1S/C16H18FNS/c1-2-15(16(18)12-6-4-3-5-7-12)19-14-10-8-13(17)9-11-14/h3-11,15-16H,2,18H2,1H3. The van der Waals surface area contributed by atoms with Gasteiger partial charge in [0, 0.05) is 16.2 Å². The lowest BCUT2D eigenvalue weighted by Crippen LogP contribution is -2.23. The molecule has 19 heavy (non-hydrogen) atoms. The zero-order chi connectivity index (χ0) is 13.7. The first-order valence-corrected chi connectivity index (χ1v) is 7.31. The van der Waals surface area contributed by atoms with Crippen LogP contribution in [-0.4, -0.2) is 5.25 Å². The summed E-state index contributed by atoms with van der Waals surface area (Å²) in [5.74, 6) is -0.204. The Morgan fingerprint density at radius 3 is 2.26 bits per heavy atom. The Morgan fingerprint density at radius 2 is 1.68 bits per heavy atom. The van der Waals surface area contributed by atoms with Crippen molar-refractivity contribution in [2.75, 3.05) is 0 Å². The highest BCUT2D eigenvalue weighted by molar-refractivity contribution is 8.00. The second-order valence-electron chi connectivity index (χ2n) is 4.45. The molecule has 1 nitrogen and oxygen atoms in total. The van der Waals surface area contributed by atoms with Gasteiger partial charge in [0.15, 0.2) is 0 Å². The summed E-state index contributed by atoms with van der Waals surface area (Å²) < 4.78 is 12.9. The lowest BCUT2D eigenvalue weighted by atomic mass is 10.0. The van der Waals surface area contributed by atoms with Gasteiger partial charge in [0.05, 0.1) is 0 Å². The van der Waals surface area contributed by atoms with Crippen molar-refractivity contribution in [3.8, 4) is 0 Å². The smallest absolute Gasteiger partial charge is 0.123 e. The average Bonchev–Trinajstić information content (AvgIpc) is 2.47. The predicted molar refractivity (Wildman–Crippen MR) is 79.7 cm³/mol. The molecule has 0 aliphatic rings. The molecule has 0 heterocycles. The minimum absolute atomic E-state index is 0.0127. The molecule has 0 bridgehead atoms. The fourth-order valence-electron chi connectivity index (χ4n) is 1.99. The normalized spacial score (nSPS) is 14.1. The summed E-state index contributed by atoms with van der Waals surface area (Å²) in [5.41, 5.74) is 7.48. The Bertz CT molecular complexity index is 498. The summed E-state index contributed by atoms with van der Waals surface area (Å²) in [6.45, 7) is 2.13. The molecule has 2 N–H and O–H groups in total. The third-order valence-corrected chi connectivity index (χ3v) is 4.56. The Morgan fingerprint density at radius 1 is 1.05 bits per heavy atom. The van der Waals surface area contributed by atoms with Crippen molar-refractivity contribution >= 4 is 11.8 Å². The van der Waals surface area contributed by atoms with E-state index in [0.717, 1.165) is 16.9 Å². The summed E-state index contributed by atoms with van der Waals surface area (Å²) >= 11 is 1.71. The molecule has 0 aliphatic heterocycles. The van der Waals surface area contributed by atoms with Gasteiger partial charge in [0.1, 0.15) is 5.82 Å². The Labute approximate surface area is 118 Å². The molecule has 100 valence electrons. The van der Waals surface area contributed by atoms with Crippen LogP contribution in [0, 0.1) is 5.82 Å². The Hall–Kier alpha value is -1.32. The molecule has 0 fully saturated rings. The molecular weight excluding hydrogens is 257 g/mol. The topological polar surface area (TPSA) is 26.0 Å². The van der Waals surface area contributed by atoms with E-state index in [1.807, 2.05) is 18.2 Å². The molecule has 2 aromatic rings. The van der Waals surface area contributed by atoms with Crippen LogP contribution in [0.2, 0.25) is 0 Å². The SMILES string of the molecule is CCC(Sc1ccc(F)cc1)C(N)c1ccccc1. The molecule has 0 radical (unpaired) electrons. The van der Waals surface area contributed by atoms with Crippen molar-refractivity contribution in [3.63, 3.8) is 0 Å². The highest BCUT2D eigenvalue weighted by atomic mass is 32.2. The van der Waals surface area contributed by atoms with Crippen LogP contribution in [0.5, 0.6) is 0 Å². The van der Waals surface area contributed by atoms with E-state index in [-0.39, 0.29) is 17.1 Å². The van der Waals surface area contributed by atoms with Crippen molar-refractivity contribution in [1.82, 2.24) is 0 Å². The third kappa shape index (κ3) is 3.82. The van der Waals surface area contributed by atoms with Gasteiger partial charge in [0.25, 0.3) is 0 Å². The van der Waals surface area contributed by atoms with E-state index in [1.54, 1.807) is 23.9 Å². The van der Waals surface area contributed by atoms with Gasteiger partial charge >= 0.3 is 0 Å². The summed E-state index contributed by atoms with van der Waals surface area (Å²) in [4.78, 5) is 1.06. The van der Waals surface area contributed by atoms with Crippen molar-refractivity contribution in [2.45, 2.75) is 29.5 Å². The first kappa shape index (κ1) is 14.1. The van der Waals surface area contributed by atoms with Gasteiger partial charge in [-0.3, -0.25) is 0 Å². The van der Waals surface area contributed by atoms with Crippen LogP contribution in [-0.2, 0) is 0 Å². The summed E-state index contributed by atoms with van der Waals surface area (Å²) in [6.07, 6.45) is 0.970. The molecule has 0 aliphatic carbocycles. The molecule has 2 rings (SSSR count). The predicted octanol–water partition coefficient (Wildman–Crippen LogP) is 4.40. The van der Waals surface area contributed by atoms with Crippen LogP contribution in [0.1, 0.15) is 24.9 Å². The van der Waals surface area contributed by atoms with E-state index in [0.29, 0.717) is 0 Å². The van der Waals surface area contributed by atoms with E-state index in [1.165, 1.54) is 12.1 Å². The molecule has 2 atom stereocenters. The number of halogens is 1. The first-order chi connectivity index (χ1) is 9.20. The second-order valence-corrected chi connectivity index (χ2v) is 5.77. The molecule has 0 aromatic heterocycles. The molecule has 3 heteroatoms. The maximum absolute atomic E-state index is 12.9. The van der Waals surface area contributed by atoms with Crippen LogP contribution in [0.25, 0.3) is 0 Å². The first-order valence-electron chi connectivity index (χ1n) is 6.43. The third-order valence-electron chi connectivity index (χ3n) is 3.09. The van der Waals surface area contributed by atoms with Crippen molar-refractivity contribution in [1.29, 1.82) is 0 Å². The lowest BCUT2D eigenvalue weighted by molar-refractivity contribution is 0.626. The van der Waals surface area contributed by atoms with Crippen molar-refractivity contribution in [3.05, 3.63) is 66.0 Å². The van der Waals surface area contributed by atoms with Crippen LogP contribution in [0.4, 0.5) is 4.39 Å². The van der Waals surface area contributed by atoms with E-state index in [9.17, 15) is 4.39 Å².